The van der Waals surface area contributed by atoms with Gasteiger partial charge in [0.15, 0.2) is 11.9 Å². The summed E-state index contributed by atoms with van der Waals surface area (Å²) in [6.07, 6.45) is 0.967. The smallest absolute Gasteiger partial charge is 0.195 e. The van der Waals surface area contributed by atoms with E-state index >= 15 is 0 Å². The molecule has 5 heteroatoms. The van der Waals surface area contributed by atoms with Crippen LogP contribution in [0.1, 0.15) is 27.2 Å². The van der Waals surface area contributed by atoms with Crippen molar-refractivity contribution in [3.05, 3.63) is 0 Å². The first-order chi connectivity index (χ1) is 6.06. The predicted octanol–water partition coefficient (Wildman–Crippen LogP) is 0.443. The van der Waals surface area contributed by atoms with Crippen molar-refractivity contribution in [3.63, 3.8) is 0 Å². The van der Waals surface area contributed by atoms with Crippen molar-refractivity contribution >= 4 is 11.9 Å². The molecule has 0 aliphatic heterocycles. The second-order valence-electron chi connectivity index (χ2n) is 3.10. The fourth-order valence-corrected chi connectivity index (χ4v) is 0.744. The summed E-state index contributed by atoms with van der Waals surface area (Å²) >= 11 is 0. The molecule has 0 aliphatic carbocycles. The minimum atomic E-state index is 0.156. The van der Waals surface area contributed by atoms with Gasteiger partial charge < -0.3 is 10.6 Å². The van der Waals surface area contributed by atoms with Crippen LogP contribution in [0.4, 0.5) is 0 Å². The maximum Gasteiger partial charge on any atom is 0.195 e. The molecule has 0 unspecified atom stereocenters. The molecule has 0 bridgehead atoms. The van der Waals surface area contributed by atoms with E-state index in [0.717, 1.165) is 13.0 Å². The average Bonchev–Trinajstić information content (AvgIpc) is 1.98. The lowest BCUT2D eigenvalue weighted by Crippen LogP contribution is -2.47. The van der Waals surface area contributed by atoms with Crippen LogP contribution in [0.2, 0.25) is 0 Å². The lowest BCUT2D eigenvalue weighted by molar-refractivity contribution is 0.714. The van der Waals surface area contributed by atoms with Crippen molar-refractivity contribution < 1.29 is 0 Å². The molecule has 0 aliphatic rings. The number of rotatable bonds is 3. The second-order valence-corrected chi connectivity index (χ2v) is 3.10. The molecular weight excluding hydrogens is 166 g/mol. The van der Waals surface area contributed by atoms with Crippen LogP contribution in [-0.4, -0.2) is 24.5 Å². The van der Waals surface area contributed by atoms with Gasteiger partial charge in [0.1, 0.15) is 0 Å². The van der Waals surface area contributed by atoms with Gasteiger partial charge in [0.25, 0.3) is 0 Å². The number of nitrogens with one attached hydrogen (secondary N) is 5. The molecule has 0 aromatic rings. The molecule has 0 aromatic heterocycles. The summed E-state index contributed by atoms with van der Waals surface area (Å²) in [5, 5.41) is 23.0. The van der Waals surface area contributed by atoms with E-state index in [9.17, 15) is 0 Å². The van der Waals surface area contributed by atoms with E-state index in [0.29, 0.717) is 0 Å². The maximum absolute atomic E-state index is 7.38. The lowest BCUT2D eigenvalue weighted by atomic mass is 10.4. The topological polar surface area (TPSA) is 83.8 Å². The molecule has 0 amide bonds. The van der Waals surface area contributed by atoms with E-state index in [1.54, 1.807) is 0 Å². The van der Waals surface area contributed by atoms with E-state index in [-0.39, 0.29) is 18.0 Å². The van der Waals surface area contributed by atoms with Gasteiger partial charge in [0.2, 0.25) is 0 Å². The molecule has 0 saturated carbocycles. The molecule has 0 heterocycles. The SMILES string of the molecule is CCCNC(=N)NC(=N)NC(C)C. The van der Waals surface area contributed by atoms with E-state index in [1.807, 2.05) is 20.8 Å². The van der Waals surface area contributed by atoms with Gasteiger partial charge in [-0.15, -0.1) is 0 Å². The molecule has 0 fully saturated rings. The molecule has 0 rings (SSSR count). The minimum absolute atomic E-state index is 0.156. The Balaban J connectivity index is 3.59. The molecule has 0 aromatic carbocycles. The number of guanidine groups is 2. The zero-order valence-electron chi connectivity index (χ0n) is 8.49. The Labute approximate surface area is 79.3 Å². The highest BCUT2D eigenvalue weighted by Crippen LogP contribution is 1.75. The van der Waals surface area contributed by atoms with Crippen LogP contribution in [0.15, 0.2) is 0 Å². The first-order valence-electron chi connectivity index (χ1n) is 4.50. The average molecular weight is 185 g/mol. The second kappa shape index (κ2) is 6.28. The molecule has 76 valence electrons. The van der Waals surface area contributed by atoms with Crippen LogP contribution in [0, 0.1) is 10.8 Å². The maximum atomic E-state index is 7.38. The van der Waals surface area contributed by atoms with Crippen LogP contribution < -0.4 is 16.0 Å². The third-order valence-electron chi connectivity index (χ3n) is 1.23. The van der Waals surface area contributed by atoms with Gasteiger partial charge in [-0.1, -0.05) is 6.92 Å². The fraction of sp³-hybridized carbons (Fsp3) is 0.750. The van der Waals surface area contributed by atoms with Gasteiger partial charge in [-0.25, -0.2) is 0 Å². The van der Waals surface area contributed by atoms with Gasteiger partial charge >= 0.3 is 0 Å². The van der Waals surface area contributed by atoms with Gasteiger partial charge in [0, 0.05) is 12.6 Å². The Hall–Kier alpha value is -1.26. The van der Waals surface area contributed by atoms with Gasteiger partial charge in [-0.05, 0) is 20.3 Å². The van der Waals surface area contributed by atoms with Gasteiger partial charge in [-0.2, -0.15) is 0 Å². The summed E-state index contributed by atoms with van der Waals surface area (Å²) in [6, 6.07) is 0.207. The molecule has 13 heavy (non-hydrogen) atoms. The predicted molar refractivity (Wildman–Crippen MR) is 55.2 cm³/mol. The highest BCUT2D eigenvalue weighted by molar-refractivity contribution is 5.95. The zero-order valence-corrected chi connectivity index (χ0v) is 8.49. The van der Waals surface area contributed by atoms with Gasteiger partial charge in [0.05, 0.1) is 0 Å². The molecule has 0 spiro atoms. The lowest BCUT2D eigenvalue weighted by Gasteiger charge is -2.13. The first kappa shape index (κ1) is 11.7. The highest BCUT2D eigenvalue weighted by Gasteiger charge is 2.00. The van der Waals surface area contributed by atoms with E-state index in [2.05, 4.69) is 16.0 Å². The minimum Gasteiger partial charge on any atom is -0.356 e. The third-order valence-corrected chi connectivity index (χ3v) is 1.23. The quantitative estimate of drug-likeness (QED) is 0.327. The Morgan fingerprint density at radius 1 is 1.23 bits per heavy atom. The monoisotopic (exact) mass is 185 g/mol. The van der Waals surface area contributed by atoms with E-state index in [4.69, 9.17) is 10.8 Å². The third kappa shape index (κ3) is 7.11. The summed E-state index contributed by atoms with van der Waals surface area (Å²) in [7, 11) is 0. The van der Waals surface area contributed by atoms with Crippen molar-refractivity contribution in [1.82, 2.24) is 16.0 Å². The summed E-state index contributed by atoms with van der Waals surface area (Å²) < 4.78 is 0. The van der Waals surface area contributed by atoms with Crippen molar-refractivity contribution in [2.45, 2.75) is 33.2 Å². The molecule has 0 radical (unpaired) electrons. The van der Waals surface area contributed by atoms with Crippen LogP contribution in [0.3, 0.4) is 0 Å². The van der Waals surface area contributed by atoms with Crippen molar-refractivity contribution in [2.75, 3.05) is 6.54 Å². The summed E-state index contributed by atoms with van der Waals surface area (Å²) in [5.74, 6) is 0.323. The highest BCUT2D eigenvalue weighted by atomic mass is 15.2. The largest absolute Gasteiger partial charge is 0.356 e. The zero-order chi connectivity index (χ0) is 10.3. The summed E-state index contributed by atoms with van der Waals surface area (Å²) in [5.41, 5.74) is 0. The van der Waals surface area contributed by atoms with Gasteiger partial charge in [-0.3, -0.25) is 16.1 Å². The normalized spacial score (nSPS) is 9.54. The Bertz CT molecular complexity index is 175. The molecule has 0 saturated heterocycles. The first-order valence-corrected chi connectivity index (χ1v) is 4.50. The molecule has 5 nitrogen and oxygen atoms in total. The molecular formula is C8H19N5. The molecule has 5 N–H and O–H groups in total. The molecule has 0 atom stereocenters. The Morgan fingerprint density at radius 3 is 2.31 bits per heavy atom. The Kier molecular flexibility index (Phi) is 5.67. The van der Waals surface area contributed by atoms with Crippen molar-refractivity contribution in [2.24, 2.45) is 0 Å². The fourth-order valence-electron chi connectivity index (χ4n) is 0.744. The number of hydrogen-bond acceptors (Lipinski definition) is 2. The van der Waals surface area contributed by atoms with Crippen LogP contribution in [0.5, 0.6) is 0 Å². The summed E-state index contributed by atoms with van der Waals surface area (Å²) in [4.78, 5) is 0. The van der Waals surface area contributed by atoms with Crippen LogP contribution >= 0.6 is 0 Å². The van der Waals surface area contributed by atoms with E-state index in [1.165, 1.54) is 0 Å². The van der Waals surface area contributed by atoms with E-state index < -0.39 is 0 Å². The van der Waals surface area contributed by atoms with Crippen molar-refractivity contribution in [3.8, 4) is 0 Å². The standard InChI is InChI=1S/C8H19N5/c1-4-5-11-7(9)13-8(10)12-6(2)3/h6H,4-5H2,1-3H3,(H5,9,10,11,12,13). The summed E-state index contributed by atoms with van der Waals surface area (Å²) in [6.45, 7) is 6.66. The van der Waals surface area contributed by atoms with Crippen LogP contribution in [-0.2, 0) is 0 Å². The van der Waals surface area contributed by atoms with Crippen LogP contribution in [0.25, 0.3) is 0 Å². The Morgan fingerprint density at radius 2 is 1.85 bits per heavy atom. The van der Waals surface area contributed by atoms with Crippen molar-refractivity contribution in [1.29, 1.82) is 10.8 Å². The number of hydrogen-bond donors (Lipinski definition) is 5.